The monoisotopic (exact) mass is 268 g/mol. The van der Waals surface area contributed by atoms with Gasteiger partial charge in [-0.25, -0.2) is 0 Å². The van der Waals surface area contributed by atoms with E-state index in [4.69, 9.17) is 4.74 Å². The molecule has 1 fully saturated rings. The molecule has 0 bridgehead atoms. The summed E-state index contributed by atoms with van der Waals surface area (Å²) in [5.74, 6) is 0. The van der Waals surface area contributed by atoms with E-state index >= 15 is 0 Å². The third kappa shape index (κ3) is 3.12. The predicted molar refractivity (Wildman–Crippen MR) is 77.3 cm³/mol. The van der Waals surface area contributed by atoms with E-state index in [1.54, 1.807) is 0 Å². The molecule has 1 N–H and O–H groups in total. The summed E-state index contributed by atoms with van der Waals surface area (Å²) >= 11 is 1.90. The maximum absolute atomic E-state index is 5.97. The molecule has 0 aromatic carbocycles. The quantitative estimate of drug-likeness (QED) is 0.887. The van der Waals surface area contributed by atoms with E-state index in [-0.39, 0.29) is 6.10 Å². The van der Waals surface area contributed by atoms with Crippen molar-refractivity contribution in [2.24, 2.45) is 0 Å². The number of thiophene rings is 1. The number of hydrogen-bond donors (Lipinski definition) is 1. The molecule has 1 aromatic heterocycles. The van der Waals surface area contributed by atoms with E-state index in [0.717, 1.165) is 26.2 Å². The van der Waals surface area contributed by atoms with Crippen LogP contribution in [0.15, 0.2) is 12.1 Å². The highest BCUT2D eigenvalue weighted by atomic mass is 32.1. The third-order valence-electron chi connectivity index (χ3n) is 3.42. The van der Waals surface area contributed by atoms with E-state index in [9.17, 15) is 0 Å². The Morgan fingerprint density at radius 2 is 2.33 bits per heavy atom. The van der Waals surface area contributed by atoms with Crippen LogP contribution in [0.1, 0.15) is 29.1 Å². The van der Waals surface area contributed by atoms with E-state index in [2.05, 4.69) is 36.2 Å². The van der Waals surface area contributed by atoms with Crippen molar-refractivity contribution in [1.82, 2.24) is 10.2 Å². The van der Waals surface area contributed by atoms with Gasteiger partial charge in [0.1, 0.15) is 0 Å². The summed E-state index contributed by atoms with van der Waals surface area (Å²) < 4.78 is 5.97. The highest BCUT2D eigenvalue weighted by Crippen LogP contribution is 2.33. The number of nitrogens with one attached hydrogen (secondary N) is 1. The second-order valence-corrected chi connectivity index (χ2v) is 6.22. The van der Waals surface area contributed by atoms with Crippen LogP contribution >= 0.6 is 11.3 Å². The highest BCUT2D eigenvalue weighted by molar-refractivity contribution is 7.12. The average Bonchev–Trinajstić information content (AvgIpc) is 2.77. The molecule has 3 nitrogen and oxygen atoms in total. The summed E-state index contributed by atoms with van der Waals surface area (Å²) in [5, 5.41) is 3.26. The molecule has 2 heterocycles. The van der Waals surface area contributed by atoms with Gasteiger partial charge in [-0.15, -0.1) is 11.3 Å². The molecule has 18 heavy (non-hydrogen) atoms. The molecule has 1 saturated heterocycles. The second-order valence-electron chi connectivity index (χ2n) is 4.90. The molecule has 2 atom stereocenters. The Kier molecular flexibility index (Phi) is 5.18. The fraction of sp³-hybridized carbons (Fsp3) is 0.714. The molecule has 2 unspecified atom stereocenters. The summed E-state index contributed by atoms with van der Waals surface area (Å²) in [6.45, 7) is 8.41. The van der Waals surface area contributed by atoms with Gasteiger partial charge >= 0.3 is 0 Å². The third-order valence-corrected chi connectivity index (χ3v) is 4.50. The molecular weight excluding hydrogens is 244 g/mol. The lowest BCUT2D eigenvalue weighted by Crippen LogP contribution is -2.48. The Bertz CT molecular complexity index is 348. The van der Waals surface area contributed by atoms with Crippen molar-refractivity contribution < 1.29 is 4.74 Å². The Morgan fingerprint density at radius 3 is 2.94 bits per heavy atom. The van der Waals surface area contributed by atoms with Gasteiger partial charge in [0, 0.05) is 22.8 Å². The van der Waals surface area contributed by atoms with E-state index in [1.807, 2.05) is 18.4 Å². The largest absolute Gasteiger partial charge is 0.374 e. The maximum atomic E-state index is 5.97. The summed E-state index contributed by atoms with van der Waals surface area (Å²) in [6.07, 6.45) is 1.47. The second kappa shape index (κ2) is 6.66. The fourth-order valence-electron chi connectivity index (χ4n) is 2.67. The van der Waals surface area contributed by atoms with Crippen molar-refractivity contribution in [1.29, 1.82) is 0 Å². The van der Waals surface area contributed by atoms with Crippen molar-refractivity contribution in [3.05, 3.63) is 21.9 Å². The van der Waals surface area contributed by atoms with Gasteiger partial charge in [-0.05, 0) is 39.1 Å². The number of rotatable bonds is 5. The van der Waals surface area contributed by atoms with Crippen LogP contribution in [0.2, 0.25) is 0 Å². The minimum atomic E-state index is 0.272. The standard InChI is InChI=1S/C14H24N2OS/c1-4-7-16-8-9-17-12(10-15-3)14(16)13-6-5-11(2)18-13/h5-6,12,14-15H,4,7-10H2,1-3H3. The van der Waals surface area contributed by atoms with Crippen molar-refractivity contribution in [3.63, 3.8) is 0 Å². The van der Waals surface area contributed by atoms with Crippen LogP contribution in [0.4, 0.5) is 0 Å². The molecular formula is C14H24N2OS. The normalized spacial score (nSPS) is 25.5. The van der Waals surface area contributed by atoms with Crippen LogP contribution in [-0.4, -0.2) is 44.3 Å². The van der Waals surface area contributed by atoms with Gasteiger partial charge < -0.3 is 10.1 Å². The summed E-state index contributed by atoms with van der Waals surface area (Å²) in [4.78, 5) is 5.41. The molecule has 2 rings (SSSR count). The first-order chi connectivity index (χ1) is 8.76. The molecule has 0 saturated carbocycles. The zero-order valence-electron chi connectivity index (χ0n) is 11.6. The molecule has 1 aromatic rings. The van der Waals surface area contributed by atoms with Crippen LogP contribution in [0.5, 0.6) is 0 Å². The van der Waals surface area contributed by atoms with Crippen LogP contribution in [0.25, 0.3) is 0 Å². The zero-order valence-corrected chi connectivity index (χ0v) is 12.4. The van der Waals surface area contributed by atoms with Crippen molar-refractivity contribution in [2.75, 3.05) is 33.3 Å². The van der Waals surface area contributed by atoms with E-state index in [0.29, 0.717) is 6.04 Å². The van der Waals surface area contributed by atoms with Gasteiger partial charge in [-0.2, -0.15) is 0 Å². The average molecular weight is 268 g/mol. The van der Waals surface area contributed by atoms with Gasteiger partial charge in [0.25, 0.3) is 0 Å². The van der Waals surface area contributed by atoms with Crippen LogP contribution in [-0.2, 0) is 4.74 Å². The summed E-state index contributed by atoms with van der Waals surface area (Å²) in [5.41, 5.74) is 0. The van der Waals surface area contributed by atoms with Crippen molar-refractivity contribution >= 4 is 11.3 Å². The van der Waals surface area contributed by atoms with Gasteiger partial charge in [0.05, 0.1) is 18.8 Å². The summed E-state index contributed by atoms with van der Waals surface area (Å²) in [7, 11) is 2.00. The fourth-order valence-corrected chi connectivity index (χ4v) is 3.74. The van der Waals surface area contributed by atoms with Gasteiger partial charge in [-0.1, -0.05) is 6.92 Å². The minimum Gasteiger partial charge on any atom is -0.374 e. The van der Waals surface area contributed by atoms with E-state index < -0.39 is 0 Å². The molecule has 1 aliphatic heterocycles. The topological polar surface area (TPSA) is 24.5 Å². The summed E-state index contributed by atoms with van der Waals surface area (Å²) in [6, 6.07) is 4.91. The first-order valence-corrected chi connectivity index (χ1v) is 7.64. The molecule has 1 aliphatic rings. The highest BCUT2D eigenvalue weighted by Gasteiger charge is 2.33. The van der Waals surface area contributed by atoms with Gasteiger partial charge in [0.2, 0.25) is 0 Å². The smallest absolute Gasteiger partial charge is 0.0904 e. The number of morpholine rings is 1. The lowest BCUT2D eigenvalue weighted by atomic mass is 10.0. The molecule has 102 valence electrons. The Morgan fingerprint density at radius 1 is 1.50 bits per heavy atom. The van der Waals surface area contributed by atoms with Crippen molar-refractivity contribution in [3.8, 4) is 0 Å². The number of aryl methyl sites for hydroxylation is 1. The molecule has 0 aliphatic carbocycles. The van der Waals surface area contributed by atoms with Crippen LogP contribution < -0.4 is 5.32 Å². The molecule has 0 amide bonds. The number of likely N-dealkylation sites (N-methyl/N-ethyl adjacent to an activating group) is 1. The number of nitrogens with zero attached hydrogens (tertiary/aromatic N) is 1. The van der Waals surface area contributed by atoms with E-state index in [1.165, 1.54) is 16.2 Å². The van der Waals surface area contributed by atoms with Crippen molar-refractivity contribution in [2.45, 2.75) is 32.4 Å². The number of hydrogen-bond acceptors (Lipinski definition) is 4. The first kappa shape index (κ1) is 14.0. The maximum Gasteiger partial charge on any atom is 0.0904 e. The lowest BCUT2D eigenvalue weighted by molar-refractivity contribution is -0.0692. The van der Waals surface area contributed by atoms with Crippen LogP contribution in [0.3, 0.4) is 0 Å². The zero-order chi connectivity index (χ0) is 13.0. The Labute approximate surface area is 114 Å². The molecule has 4 heteroatoms. The van der Waals surface area contributed by atoms with Gasteiger partial charge in [-0.3, -0.25) is 4.90 Å². The Hall–Kier alpha value is -0.420. The molecule has 0 spiro atoms. The first-order valence-electron chi connectivity index (χ1n) is 6.82. The lowest BCUT2D eigenvalue weighted by Gasteiger charge is -2.40. The Balaban J connectivity index is 2.20. The van der Waals surface area contributed by atoms with Gasteiger partial charge in [0.15, 0.2) is 0 Å². The SMILES string of the molecule is CCCN1CCOC(CNC)C1c1ccc(C)s1. The minimum absolute atomic E-state index is 0.272. The van der Waals surface area contributed by atoms with Crippen LogP contribution in [0, 0.1) is 6.92 Å². The molecule has 0 radical (unpaired) electrons. The predicted octanol–water partition coefficient (Wildman–Crippen LogP) is 2.43. The number of ether oxygens (including phenoxy) is 1.